The fourth-order valence-corrected chi connectivity index (χ4v) is 4.82. The normalized spacial score (nSPS) is 23.3. The lowest BCUT2D eigenvalue weighted by Crippen LogP contribution is -2.84. The summed E-state index contributed by atoms with van der Waals surface area (Å²) < 4.78 is 10.9. The molecule has 0 atom stereocenters. The first-order valence-electron chi connectivity index (χ1n) is 9.79. The van der Waals surface area contributed by atoms with Crippen LogP contribution in [-0.4, -0.2) is 36.1 Å². The number of nitrogens with one attached hydrogen (secondary N) is 2. The van der Waals surface area contributed by atoms with E-state index in [9.17, 15) is 9.59 Å². The minimum absolute atomic E-state index is 0.0227. The Morgan fingerprint density at radius 3 is 2.19 bits per heavy atom. The Balaban J connectivity index is 1.14. The Bertz CT molecular complexity index is 994. The van der Waals surface area contributed by atoms with Gasteiger partial charge < -0.3 is 20.1 Å². The Kier molecular flexibility index (Phi) is 6.35. The van der Waals surface area contributed by atoms with Crippen molar-refractivity contribution in [1.82, 2.24) is 10.6 Å². The summed E-state index contributed by atoms with van der Waals surface area (Å²) in [5, 5.41) is 7.46. The molecule has 0 spiro atoms. The molecule has 31 heavy (non-hydrogen) atoms. The standard InChI is InChI=1S/C22H21Cl3N2O4/c23-15-3-1-2-14(6-15)8-30-9-19(28)26-21-11-22(12-21,13-21)27-20(29)10-31-16-4-5-17(24)18(25)7-16/h1-7H,8-13H2,(H,26,28)(H,27,29). The molecule has 0 radical (unpaired) electrons. The number of halogens is 3. The maximum atomic E-state index is 12.2. The minimum atomic E-state index is -0.257. The molecule has 2 N–H and O–H groups in total. The van der Waals surface area contributed by atoms with Crippen molar-refractivity contribution in [1.29, 1.82) is 0 Å². The van der Waals surface area contributed by atoms with Gasteiger partial charge in [0.2, 0.25) is 5.91 Å². The number of carbonyl (C=O) groups excluding carboxylic acids is 2. The fourth-order valence-electron chi connectivity index (χ4n) is 4.32. The number of benzene rings is 2. The maximum absolute atomic E-state index is 12.2. The quantitative estimate of drug-likeness (QED) is 0.562. The van der Waals surface area contributed by atoms with Crippen molar-refractivity contribution in [2.75, 3.05) is 13.2 Å². The van der Waals surface area contributed by atoms with Crippen LogP contribution in [0.25, 0.3) is 0 Å². The zero-order valence-electron chi connectivity index (χ0n) is 16.6. The van der Waals surface area contributed by atoms with Gasteiger partial charge in [0.05, 0.1) is 16.7 Å². The van der Waals surface area contributed by atoms with Crippen molar-refractivity contribution in [3.8, 4) is 5.75 Å². The van der Waals surface area contributed by atoms with Gasteiger partial charge in [0.25, 0.3) is 5.91 Å². The third-order valence-electron chi connectivity index (χ3n) is 5.49. The highest BCUT2D eigenvalue weighted by Crippen LogP contribution is 2.60. The van der Waals surface area contributed by atoms with Crippen LogP contribution in [0.4, 0.5) is 0 Å². The van der Waals surface area contributed by atoms with Crippen molar-refractivity contribution in [3.63, 3.8) is 0 Å². The van der Waals surface area contributed by atoms with Crippen LogP contribution in [0.5, 0.6) is 5.75 Å². The first kappa shape index (κ1) is 22.2. The van der Waals surface area contributed by atoms with Gasteiger partial charge in [-0.3, -0.25) is 9.59 Å². The molecule has 0 unspecified atom stereocenters. The molecular weight excluding hydrogens is 463 g/mol. The van der Waals surface area contributed by atoms with E-state index in [1.54, 1.807) is 30.3 Å². The lowest BCUT2D eigenvalue weighted by molar-refractivity contribution is -0.152. The largest absolute Gasteiger partial charge is 0.484 e. The molecule has 2 amide bonds. The molecule has 164 valence electrons. The number of hydrogen-bond donors (Lipinski definition) is 2. The van der Waals surface area contributed by atoms with E-state index in [1.807, 2.05) is 12.1 Å². The lowest BCUT2D eigenvalue weighted by atomic mass is 9.44. The van der Waals surface area contributed by atoms with Gasteiger partial charge in [0, 0.05) is 22.2 Å². The zero-order valence-corrected chi connectivity index (χ0v) is 18.8. The third kappa shape index (κ3) is 5.26. The molecule has 2 aromatic carbocycles. The van der Waals surface area contributed by atoms with Crippen molar-refractivity contribution < 1.29 is 19.1 Å². The van der Waals surface area contributed by atoms with E-state index in [-0.39, 0.29) is 36.1 Å². The Morgan fingerprint density at radius 2 is 1.55 bits per heavy atom. The highest BCUT2D eigenvalue weighted by Gasteiger charge is 2.69. The Labute approximate surface area is 195 Å². The van der Waals surface area contributed by atoms with Crippen LogP contribution in [0.2, 0.25) is 15.1 Å². The number of rotatable bonds is 9. The van der Waals surface area contributed by atoms with E-state index in [0.717, 1.165) is 5.56 Å². The molecule has 6 nitrogen and oxygen atoms in total. The van der Waals surface area contributed by atoms with Gasteiger partial charge in [-0.2, -0.15) is 0 Å². The highest BCUT2D eigenvalue weighted by atomic mass is 35.5. The highest BCUT2D eigenvalue weighted by molar-refractivity contribution is 6.42. The molecule has 0 aromatic heterocycles. The molecule has 2 aromatic rings. The van der Waals surface area contributed by atoms with E-state index < -0.39 is 0 Å². The molecule has 3 aliphatic rings. The summed E-state index contributed by atoms with van der Waals surface area (Å²) in [4.78, 5) is 24.4. The summed E-state index contributed by atoms with van der Waals surface area (Å²) in [6.07, 6.45) is 2.12. The molecule has 3 saturated carbocycles. The molecule has 0 saturated heterocycles. The second kappa shape index (κ2) is 8.87. The van der Waals surface area contributed by atoms with Gasteiger partial charge in [-0.1, -0.05) is 46.9 Å². The third-order valence-corrected chi connectivity index (χ3v) is 6.47. The van der Waals surface area contributed by atoms with Crippen LogP contribution in [0.3, 0.4) is 0 Å². The van der Waals surface area contributed by atoms with Crippen LogP contribution in [0, 0.1) is 0 Å². The molecule has 2 bridgehead atoms. The molecule has 0 aliphatic heterocycles. The summed E-state index contributed by atoms with van der Waals surface area (Å²) in [6.45, 7) is 0.182. The van der Waals surface area contributed by atoms with Crippen LogP contribution in [0.1, 0.15) is 24.8 Å². The molecule has 3 fully saturated rings. The van der Waals surface area contributed by atoms with Crippen molar-refractivity contribution in [2.24, 2.45) is 0 Å². The molecular formula is C22H21Cl3N2O4. The monoisotopic (exact) mass is 482 g/mol. The van der Waals surface area contributed by atoms with E-state index in [0.29, 0.717) is 46.7 Å². The zero-order chi connectivity index (χ0) is 22.1. The van der Waals surface area contributed by atoms with Crippen LogP contribution in [-0.2, 0) is 20.9 Å². The van der Waals surface area contributed by atoms with Crippen molar-refractivity contribution in [2.45, 2.75) is 36.9 Å². The average Bonchev–Trinajstić information content (AvgIpc) is 2.66. The van der Waals surface area contributed by atoms with E-state index in [1.165, 1.54) is 0 Å². The van der Waals surface area contributed by atoms with Crippen LogP contribution >= 0.6 is 34.8 Å². The SMILES string of the molecule is O=C(COCc1cccc(Cl)c1)NC12CC(NC(=O)COc3ccc(Cl)c(Cl)c3)(C1)C2. The van der Waals surface area contributed by atoms with Crippen molar-refractivity contribution >= 4 is 46.6 Å². The fraction of sp³-hybridized carbons (Fsp3) is 0.364. The van der Waals surface area contributed by atoms with E-state index in [4.69, 9.17) is 44.3 Å². The number of ether oxygens (including phenoxy) is 2. The summed E-state index contributed by atoms with van der Waals surface area (Å²) >= 11 is 17.7. The second-order valence-corrected chi connectivity index (χ2v) is 9.43. The lowest BCUT2D eigenvalue weighted by Gasteiger charge is -2.70. The van der Waals surface area contributed by atoms with Gasteiger partial charge in [0.1, 0.15) is 12.4 Å². The molecule has 3 aliphatic carbocycles. The summed E-state index contributed by atoms with van der Waals surface area (Å²) in [5.41, 5.74) is 0.414. The summed E-state index contributed by atoms with van der Waals surface area (Å²) in [6, 6.07) is 12.2. The van der Waals surface area contributed by atoms with Gasteiger partial charge in [0.15, 0.2) is 6.61 Å². The van der Waals surface area contributed by atoms with Gasteiger partial charge >= 0.3 is 0 Å². The second-order valence-electron chi connectivity index (χ2n) is 8.17. The summed E-state index contributed by atoms with van der Waals surface area (Å²) in [7, 11) is 0. The first-order valence-corrected chi connectivity index (χ1v) is 10.9. The first-order chi connectivity index (χ1) is 14.8. The van der Waals surface area contributed by atoms with Gasteiger partial charge in [-0.15, -0.1) is 0 Å². The smallest absolute Gasteiger partial charge is 0.258 e. The van der Waals surface area contributed by atoms with E-state index in [2.05, 4.69) is 10.6 Å². The van der Waals surface area contributed by atoms with Crippen molar-refractivity contribution in [3.05, 3.63) is 63.1 Å². The predicted octanol–water partition coefficient (Wildman–Crippen LogP) is 4.15. The minimum Gasteiger partial charge on any atom is -0.484 e. The number of amides is 2. The van der Waals surface area contributed by atoms with Crippen LogP contribution in [0.15, 0.2) is 42.5 Å². The van der Waals surface area contributed by atoms with Gasteiger partial charge in [-0.25, -0.2) is 0 Å². The molecule has 0 heterocycles. The number of hydrogen-bond acceptors (Lipinski definition) is 4. The summed E-state index contributed by atoms with van der Waals surface area (Å²) in [5.74, 6) is 0.101. The van der Waals surface area contributed by atoms with E-state index >= 15 is 0 Å². The van der Waals surface area contributed by atoms with Gasteiger partial charge in [-0.05, 0) is 49.1 Å². The average molecular weight is 484 g/mol. The van der Waals surface area contributed by atoms with Crippen LogP contribution < -0.4 is 15.4 Å². The predicted molar refractivity (Wildman–Crippen MR) is 119 cm³/mol. The Hall–Kier alpha value is -1.99. The number of carbonyl (C=O) groups is 2. The topological polar surface area (TPSA) is 76.7 Å². The maximum Gasteiger partial charge on any atom is 0.258 e. The Morgan fingerprint density at radius 1 is 0.871 bits per heavy atom. The molecule has 5 rings (SSSR count). The molecule has 9 heteroatoms.